The molecule has 0 N–H and O–H groups in total. The van der Waals surface area contributed by atoms with E-state index in [-0.39, 0.29) is 10.5 Å². The summed E-state index contributed by atoms with van der Waals surface area (Å²) >= 11 is 10.1. The molecule has 0 aliphatic carbocycles. The van der Waals surface area contributed by atoms with Gasteiger partial charge >= 0.3 is 5.63 Å². The first-order valence-corrected chi connectivity index (χ1v) is 11.2. The van der Waals surface area contributed by atoms with Crippen LogP contribution in [0.3, 0.4) is 0 Å². The van der Waals surface area contributed by atoms with Gasteiger partial charge in [0.05, 0.1) is 21.4 Å². The van der Waals surface area contributed by atoms with Crippen molar-refractivity contribution in [2.45, 2.75) is 56.9 Å². The molecule has 6 heteroatoms. The molecule has 0 radical (unpaired) electrons. The maximum atomic E-state index is 12.5. The van der Waals surface area contributed by atoms with E-state index in [1.165, 1.54) is 0 Å². The van der Waals surface area contributed by atoms with Gasteiger partial charge in [-0.2, -0.15) is 0 Å². The summed E-state index contributed by atoms with van der Waals surface area (Å²) in [6.45, 7) is 9.97. The number of hydrogen-bond donors (Lipinski definition) is 0. The Bertz CT molecular complexity index is 1160. The Morgan fingerprint density at radius 3 is 2.20 bits per heavy atom. The minimum Gasteiger partial charge on any atom is -0.426 e. The van der Waals surface area contributed by atoms with Crippen molar-refractivity contribution in [1.82, 2.24) is 0 Å². The Morgan fingerprint density at radius 2 is 1.60 bits per heavy atom. The van der Waals surface area contributed by atoms with Crippen molar-refractivity contribution in [3.63, 3.8) is 0 Å². The zero-order valence-corrected chi connectivity index (χ0v) is 19.9. The molecule has 2 heterocycles. The molecule has 0 saturated carbocycles. The second kappa shape index (κ2) is 7.49. The molecular weight excluding hydrogens is 468 g/mol. The molecule has 1 atom stereocenters. The summed E-state index contributed by atoms with van der Waals surface area (Å²) in [6, 6.07) is 13.2. The average Bonchev–Trinajstić information content (AvgIpc) is 2.89. The van der Waals surface area contributed by atoms with Gasteiger partial charge in [-0.05, 0) is 58.4 Å². The summed E-state index contributed by atoms with van der Waals surface area (Å²) in [5, 5.41) is 1.93. The molecule has 158 valence electrons. The first-order chi connectivity index (χ1) is 14.0. The van der Waals surface area contributed by atoms with Crippen LogP contribution in [0.15, 0.2) is 51.7 Å². The van der Waals surface area contributed by atoms with Crippen LogP contribution in [0.2, 0.25) is 5.02 Å². The highest BCUT2D eigenvalue weighted by Crippen LogP contribution is 2.47. The topological polar surface area (TPSA) is 48.7 Å². The van der Waals surface area contributed by atoms with E-state index >= 15 is 0 Å². The van der Waals surface area contributed by atoms with Gasteiger partial charge in [0.1, 0.15) is 5.76 Å². The number of alkyl halides is 1. The maximum Gasteiger partial charge on any atom is 0.343 e. The summed E-state index contributed by atoms with van der Waals surface area (Å²) in [7, 11) is 0. The van der Waals surface area contributed by atoms with Crippen LogP contribution in [0.4, 0.5) is 0 Å². The zero-order valence-electron chi connectivity index (χ0n) is 17.6. The monoisotopic (exact) mass is 490 g/mol. The molecular formula is C24H24BrClO4. The molecule has 0 amide bonds. The highest BCUT2D eigenvalue weighted by molar-refractivity contribution is 9.09. The van der Waals surface area contributed by atoms with E-state index in [0.717, 1.165) is 22.1 Å². The predicted molar refractivity (Wildman–Crippen MR) is 123 cm³/mol. The van der Waals surface area contributed by atoms with E-state index in [9.17, 15) is 4.79 Å². The fraction of sp³-hybridized carbons (Fsp3) is 0.375. The molecule has 1 aliphatic heterocycles. The Balaban J connectivity index is 1.93. The third-order valence-electron chi connectivity index (χ3n) is 6.02. The molecule has 2 aromatic carbocycles. The molecule has 0 bridgehead atoms. The van der Waals surface area contributed by atoms with Crippen molar-refractivity contribution < 1.29 is 13.9 Å². The highest BCUT2D eigenvalue weighted by atomic mass is 79.9. The Labute approximate surface area is 189 Å². The van der Waals surface area contributed by atoms with Gasteiger partial charge in [-0.1, -0.05) is 51.8 Å². The van der Waals surface area contributed by atoms with Crippen LogP contribution in [0, 0.1) is 0 Å². The number of fused-ring (bicyclic) bond motifs is 1. The maximum absolute atomic E-state index is 12.5. The van der Waals surface area contributed by atoms with Gasteiger partial charge in [0, 0.05) is 21.5 Å². The molecule has 3 aromatic rings. The first-order valence-electron chi connectivity index (χ1n) is 9.87. The molecule has 4 nitrogen and oxygen atoms in total. The van der Waals surface area contributed by atoms with Crippen LogP contribution in [0.1, 0.15) is 57.1 Å². The van der Waals surface area contributed by atoms with Gasteiger partial charge in [-0.25, -0.2) is 4.79 Å². The van der Waals surface area contributed by atoms with Crippen LogP contribution in [0.5, 0.6) is 0 Å². The standard InChI is InChI=1S/C24H24BrClO4/c1-13(25)20-19(15-8-6-7-9-16(15)21(27)28-20)14-10-11-18(26)17(12-14)22-29-23(2,3)24(4,5)30-22/h6-13,22H,1-5H3. The third-order valence-corrected chi connectivity index (χ3v) is 6.78. The Morgan fingerprint density at radius 1 is 1.00 bits per heavy atom. The van der Waals surface area contributed by atoms with Crippen LogP contribution < -0.4 is 5.63 Å². The second-order valence-electron chi connectivity index (χ2n) is 8.61. The smallest absolute Gasteiger partial charge is 0.343 e. The Hall–Kier alpha value is -1.66. The largest absolute Gasteiger partial charge is 0.426 e. The summed E-state index contributed by atoms with van der Waals surface area (Å²) in [6.07, 6.45) is -0.589. The summed E-state index contributed by atoms with van der Waals surface area (Å²) < 4.78 is 18.1. The lowest BCUT2D eigenvalue weighted by Crippen LogP contribution is -2.41. The molecule has 4 rings (SSSR count). The molecule has 1 aliphatic rings. The van der Waals surface area contributed by atoms with Crippen LogP contribution in [-0.2, 0) is 9.47 Å². The number of ether oxygens (including phenoxy) is 2. The summed E-state index contributed by atoms with van der Waals surface area (Å²) in [5.74, 6) is 0.570. The van der Waals surface area contributed by atoms with E-state index in [4.69, 9.17) is 25.5 Å². The average molecular weight is 492 g/mol. The fourth-order valence-corrected chi connectivity index (χ4v) is 4.17. The number of rotatable bonds is 3. The lowest BCUT2D eigenvalue weighted by molar-refractivity contribution is -0.0894. The lowest BCUT2D eigenvalue weighted by atomic mass is 9.90. The molecule has 0 spiro atoms. The highest BCUT2D eigenvalue weighted by Gasteiger charge is 2.50. The normalized spacial score (nSPS) is 19.3. The third kappa shape index (κ3) is 3.52. The van der Waals surface area contributed by atoms with Gasteiger partial charge in [0.25, 0.3) is 0 Å². The molecule has 1 saturated heterocycles. The van der Waals surface area contributed by atoms with E-state index in [1.807, 2.05) is 71.0 Å². The van der Waals surface area contributed by atoms with Crippen molar-refractivity contribution >= 4 is 38.3 Å². The molecule has 1 aromatic heterocycles. The fourth-order valence-electron chi connectivity index (χ4n) is 3.65. The minimum absolute atomic E-state index is 0.152. The number of halogens is 2. The van der Waals surface area contributed by atoms with Crippen molar-refractivity contribution in [3.05, 3.63) is 69.2 Å². The SMILES string of the molecule is CC(Br)c1oc(=O)c2ccccc2c1-c1ccc(Cl)c(C2OC(C)(C)C(C)(C)O2)c1. The van der Waals surface area contributed by atoms with Gasteiger partial charge in [0.15, 0.2) is 6.29 Å². The Kier molecular flexibility index (Phi) is 5.38. The predicted octanol–water partition coefficient (Wildman–Crippen LogP) is 7.17. The van der Waals surface area contributed by atoms with Crippen LogP contribution in [0.25, 0.3) is 21.9 Å². The molecule has 1 fully saturated rings. The minimum atomic E-state index is -0.589. The van der Waals surface area contributed by atoms with E-state index in [2.05, 4.69) is 15.9 Å². The quantitative estimate of drug-likeness (QED) is 0.364. The van der Waals surface area contributed by atoms with Gasteiger partial charge in [-0.15, -0.1) is 0 Å². The van der Waals surface area contributed by atoms with Gasteiger partial charge in [-0.3, -0.25) is 0 Å². The van der Waals surface area contributed by atoms with Crippen molar-refractivity contribution in [3.8, 4) is 11.1 Å². The van der Waals surface area contributed by atoms with Gasteiger partial charge in [0.2, 0.25) is 0 Å². The summed E-state index contributed by atoms with van der Waals surface area (Å²) in [5.41, 5.74) is 1.18. The lowest BCUT2D eigenvalue weighted by Gasteiger charge is -2.30. The first kappa shape index (κ1) is 21.6. The summed E-state index contributed by atoms with van der Waals surface area (Å²) in [4.78, 5) is 12.4. The van der Waals surface area contributed by atoms with Crippen molar-refractivity contribution in [1.29, 1.82) is 0 Å². The number of hydrogen-bond acceptors (Lipinski definition) is 4. The second-order valence-corrected chi connectivity index (χ2v) is 10.4. The number of benzene rings is 2. The van der Waals surface area contributed by atoms with Gasteiger partial charge < -0.3 is 13.9 Å². The van der Waals surface area contributed by atoms with E-state index in [0.29, 0.717) is 16.2 Å². The zero-order chi connectivity index (χ0) is 21.8. The van der Waals surface area contributed by atoms with Crippen LogP contribution >= 0.6 is 27.5 Å². The molecule has 1 unspecified atom stereocenters. The van der Waals surface area contributed by atoms with Crippen LogP contribution in [-0.4, -0.2) is 11.2 Å². The van der Waals surface area contributed by atoms with Crippen molar-refractivity contribution in [2.75, 3.05) is 0 Å². The van der Waals surface area contributed by atoms with Crippen molar-refractivity contribution in [2.24, 2.45) is 0 Å². The van der Waals surface area contributed by atoms with E-state index < -0.39 is 17.5 Å². The molecule has 30 heavy (non-hydrogen) atoms. The van der Waals surface area contributed by atoms with E-state index in [1.54, 1.807) is 6.07 Å².